The first-order valence-corrected chi connectivity index (χ1v) is 6.78. The van der Waals surface area contributed by atoms with E-state index in [0.29, 0.717) is 24.7 Å². The van der Waals surface area contributed by atoms with Crippen LogP contribution in [-0.2, 0) is 4.74 Å². The van der Waals surface area contributed by atoms with Crippen LogP contribution in [0.4, 0.5) is 4.39 Å². The molecule has 3 rings (SSSR count). The average Bonchev–Trinajstić information content (AvgIpc) is 3.00. The molecular formula is C14H18ClFN2O3. The first-order valence-electron chi connectivity index (χ1n) is 6.78. The van der Waals surface area contributed by atoms with Crippen molar-refractivity contribution >= 4 is 18.2 Å². The minimum absolute atomic E-state index is 0. The second kappa shape index (κ2) is 6.49. The smallest absolute Gasteiger partial charge is 0.304 e. The highest BCUT2D eigenvalue weighted by molar-refractivity contribution is 5.91. The van der Waals surface area contributed by atoms with Crippen molar-refractivity contribution in [2.75, 3.05) is 26.3 Å². The number of amidine groups is 1. The Morgan fingerprint density at radius 3 is 3.05 bits per heavy atom. The molecule has 0 bridgehead atoms. The minimum atomic E-state index is -1.10. The molecule has 2 heterocycles. The number of rotatable bonds is 4. The van der Waals surface area contributed by atoms with Crippen molar-refractivity contribution in [2.45, 2.75) is 19.1 Å². The standard InChI is InChI=1S/C14H17FN2O3.ClH/c1-2-8-19-14(13-16-6-7-17-13)9-18-12-10(15)4-3-5-11(12)20-14;/h3-5H,2,6-9H2,1H3,(H,16,17);1H. The molecule has 0 amide bonds. The SMILES string of the molecule is CCCOC1(C2=NCCN2)COc2c(F)cccc2O1.Cl. The molecular weight excluding hydrogens is 299 g/mol. The summed E-state index contributed by atoms with van der Waals surface area (Å²) in [7, 11) is 0. The van der Waals surface area contributed by atoms with E-state index in [0.717, 1.165) is 13.0 Å². The molecule has 0 saturated heterocycles. The maximum Gasteiger partial charge on any atom is 0.304 e. The Bertz CT molecular complexity index is 541. The third-order valence-corrected chi connectivity index (χ3v) is 3.19. The highest BCUT2D eigenvalue weighted by atomic mass is 35.5. The Labute approximate surface area is 128 Å². The Balaban J connectivity index is 0.00000161. The molecule has 5 nitrogen and oxygen atoms in total. The fraction of sp³-hybridized carbons (Fsp3) is 0.500. The molecule has 0 saturated carbocycles. The summed E-state index contributed by atoms with van der Waals surface area (Å²) in [4.78, 5) is 4.36. The summed E-state index contributed by atoms with van der Waals surface area (Å²) in [5, 5.41) is 3.15. The Morgan fingerprint density at radius 2 is 2.33 bits per heavy atom. The largest absolute Gasteiger partial charge is 0.479 e. The molecule has 1 atom stereocenters. The van der Waals surface area contributed by atoms with Crippen LogP contribution in [0.15, 0.2) is 23.2 Å². The first-order chi connectivity index (χ1) is 9.75. The summed E-state index contributed by atoms with van der Waals surface area (Å²) in [6.45, 7) is 4.01. The number of nitrogens with zero attached hydrogens (tertiary/aromatic N) is 1. The fourth-order valence-corrected chi connectivity index (χ4v) is 2.26. The van der Waals surface area contributed by atoms with Gasteiger partial charge in [0.25, 0.3) is 0 Å². The number of benzene rings is 1. The van der Waals surface area contributed by atoms with Gasteiger partial charge in [0.05, 0.1) is 13.2 Å². The van der Waals surface area contributed by atoms with E-state index in [1.54, 1.807) is 12.1 Å². The number of hydrogen-bond donors (Lipinski definition) is 1. The van der Waals surface area contributed by atoms with E-state index in [1.807, 2.05) is 6.92 Å². The zero-order valence-electron chi connectivity index (χ0n) is 11.7. The summed E-state index contributed by atoms with van der Waals surface area (Å²) in [5.41, 5.74) is 0. The van der Waals surface area contributed by atoms with Crippen LogP contribution in [0.2, 0.25) is 0 Å². The fourth-order valence-electron chi connectivity index (χ4n) is 2.26. The molecule has 0 fully saturated rings. The van der Waals surface area contributed by atoms with Gasteiger partial charge >= 0.3 is 5.79 Å². The average molecular weight is 317 g/mol. The molecule has 116 valence electrons. The van der Waals surface area contributed by atoms with Gasteiger partial charge in [-0.15, -0.1) is 12.4 Å². The van der Waals surface area contributed by atoms with Gasteiger partial charge in [-0.05, 0) is 18.6 Å². The summed E-state index contributed by atoms with van der Waals surface area (Å²) in [6.07, 6.45) is 0.842. The third kappa shape index (κ3) is 2.91. The quantitative estimate of drug-likeness (QED) is 0.924. The van der Waals surface area contributed by atoms with Gasteiger partial charge in [-0.3, -0.25) is 4.99 Å². The van der Waals surface area contributed by atoms with Gasteiger partial charge < -0.3 is 19.5 Å². The number of hydrogen-bond acceptors (Lipinski definition) is 5. The van der Waals surface area contributed by atoms with Crippen LogP contribution in [0, 0.1) is 5.82 Å². The van der Waals surface area contributed by atoms with Crippen LogP contribution in [0.3, 0.4) is 0 Å². The van der Waals surface area contributed by atoms with Crippen LogP contribution in [-0.4, -0.2) is 37.9 Å². The van der Waals surface area contributed by atoms with Gasteiger partial charge in [0, 0.05) is 6.54 Å². The molecule has 0 radical (unpaired) electrons. The van der Waals surface area contributed by atoms with Crippen molar-refractivity contribution in [3.8, 4) is 11.5 Å². The van der Waals surface area contributed by atoms with Crippen molar-refractivity contribution in [1.82, 2.24) is 5.32 Å². The van der Waals surface area contributed by atoms with E-state index in [1.165, 1.54) is 6.07 Å². The van der Waals surface area contributed by atoms with Gasteiger partial charge in [-0.1, -0.05) is 13.0 Å². The number of para-hydroxylation sites is 1. The minimum Gasteiger partial charge on any atom is -0.479 e. The van der Waals surface area contributed by atoms with Crippen molar-refractivity contribution < 1.29 is 18.6 Å². The second-order valence-corrected chi connectivity index (χ2v) is 4.72. The molecule has 0 aliphatic carbocycles. The van der Waals surface area contributed by atoms with Crippen LogP contribution in [0.5, 0.6) is 11.5 Å². The van der Waals surface area contributed by atoms with Crippen molar-refractivity contribution in [3.63, 3.8) is 0 Å². The lowest BCUT2D eigenvalue weighted by Gasteiger charge is -2.37. The van der Waals surface area contributed by atoms with E-state index >= 15 is 0 Å². The first kappa shape index (κ1) is 15.9. The maximum atomic E-state index is 13.7. The van der Waals surface area contributed by atoms with Gasteiger partial charge in [-0.2, -0.15) is 0 Å². The topological polar surface area (TPSA) is 52.1 Å². The van der Waals surface area contributed by atoms with Crippen molar-refractivity contribution in [1.29, 1.82) is 0 Å². The number of fused-ring (bicyclic) bond motifs is 1. The van der Waals surface area contributed by atoms with Crippen LogP contribution in [0.1, 0.15) is 13.3 Å². The summed E-state index contributed by atoms with van der Waals surface area (Å²) in [6, 6.07) is 4.59. The summed E-state index contributed by atoms with van der Waals surface area (Å²) < 4.78 is 30.9. The van der Waals surface area contributed by atoms with Gasteiger partial charge in [-0.25, -0.2) is 4.39 Å². The number of ether oxygens (including phenoxy) is 3. The van der Waals surface area contributed by atoms with E-state index < -0.39 is 11.6 Å². The Morgan fingerprint density at radius 1 is 1.48 bits per heavy atom. The highest BCUT2D eigenvalue weighted by Gasteiger charge is 2.46. The lowest BCUT2D eigenvalue weighted by Crippen LogP contribution is -2.57. The predicted octanol–water partition coefficient (Wildman–Crippen LogP) is 2.14. The number of aliphatic imine (C=N–C) groups is 1. The predicted molar refractivity (Wildman–Crippen MR) is 79.0 cm³/mol. The number of nitrogens with one attached hydrogen (secondary N) is 1. The molecule has 1 unspecified atom stereocenters. The molecule has 1 N–H and O–H groups in total. The van der Waals surface area contributed by atoms with Crippen molar-refractivity contribution in [2.24, 2.45) is 4.99 Å². The third-order valence-electron chi connectivity index (χ3n) is 3.19. The molecule has 1 aromatic rings. The maximum absolute atomic E-state index is 13.7. The second-order valence-electron chi connectivity index (χ2n) is 4.72. The van der Waals surface area contributed by atoms with E-state index in [-0.39, 0.29) is 24.8 Å². The highest BCUT2D eigenvalue weighted by Crippen LogP contribution is 2.38. The molecule has 1 aromatic carbocycles. The number of halogens is 2. The van der Waals surface area contributed by atoms with E-state index in [4.69, 9.17) is 14.2 Å². The van der Waals surface area contributed by atoms with Gasteiger partial charge in [0.15, 0.2) is 29.8 Å². The molecule has 2 aliphatic rings. The monoisotopic (exact) mass is 316 g/mol. The molecule has 0 aromatic heterocycles. The molecule has 21 heavy (non-hydrogen) atoms. The van der Waals surface area contributed by atoms with E-state index in [2.05, 4.69) is 10.3 Å². The Kier molecular flexibility index (Phi) is 4.90. The van der Waals surface area contributed by atoms with Gasteiger partial charge in [0.2, 0.25) is 0 Å². The van der Waals surface area contributed by atoms with Gasteiger partial charge in [0.1, 0.15) is 0 Å². The van der Waals surface area contributed by atoms with Crippen LogP contribution >= 0.6 is 12.4 Å². The molecule has 7 heteroatoms. The zero-order valence-corrected chi connectivity index (χ0v) is 12.5. The normalized spacial score (nSPS) is 23.0. The van der Waals surface area contributed by atoms with E-state index in [9.17, 15) is 4.39 Å². The molecule has 2 aliphatic heterocycles. The zero-order chi connectivity index (χ0) is 14.0. The Hall–Kier alpha value is -1.53. The van der Waals surface area contributed by atoms with Crippen molar-refractivity contribution in [3.05, 3.63) is 24.0 Å². The van der Waals surface area contributed by atoms with Crippen LogP contribution in [0.25, 0.3) is 0 Å². The van der Waals surface area contributed by atoms with Crippen LogP contribution < -0.4 is 14.8 Å². The lowest BCUT2D eigenvalue weighted by atomic mass is 10.2. The lowest BCUT2D eigenvalue weighted by molar-refractivity contribution is -0.165. The summed E-state index contributed by atoms with van der Waals surface area (Å²) in [5.74, 6) is -0.466. The summed E-state index contributed by atoms with van der Waals surface area (Å²) >= 11 is 0. The molecule has 0 spiro atoms.